The number of carbonyl (C=O) groups is 1. The van der Waals surface area contributed by atoms with Crippen molar-refractivity contribution in [2.45, 2.75) is 169 Å². The second-order valence-corrected chi connectivity index (χ2v) is 11.2. The van der Waals surface area contributed by atoms with E-state index in [4.69, 9.17) is 4.74 Å². The molecule has 0 N–H and O–H groups in total. The number of rotatable bonds is 26. The fourth-order valence-electron chi connectivity index (χ4n) is 4.89. The third-order valence-electron chi connectivity index (χ3n) is 7.37. The summed E-state index contributed by atoms with van der Waals surface area (Å²) < 4.78 is 5.53. The summed E-state index contributed by atoms with van der Waals surface area (Å²) in [5.74, 6) is 1.19. The Labute approximate surface area is 215 Å². The van der Waals surface area contributed by atoms with Crippen LogP contribution in [0.2, 0.25) is 0 Å². The second kappa shape index (κ2) is 25.3. The van der Waals surface area contributed by atoms with Gasteiger partial charge in [0.15, 0.2) is 0 Å². The second-order valence-electron chi connectivity index (χ2n) is 11.2. The number of hydrogen-bond donors (Lipinski definition) is 0. The molecule has 0 aliphatic carbocycles. The number of unbranched alkanes of at least 4 members (excludes halogenated alkanes) is 15. The van der Waals surface area contributed by atoms with Crippen molar-refractivity contribution < 1.29 is 9.53 Å². The van der Waals surface area contributed by atoms with Gasteiger partial charge in [0.2, 0.25) is 0 Å². The van der Waals surface area contributed by atoms with Gasteiger partial charge in [-0.15, -0.1) is 0 Å². The zero-order valence-electron chi connectivity index (χ0n) is 23.9. The Morgan fingerprint density at radius 2 is 0.971 bits per heavy atom. The lowest BCUT2D eigenvalue weighted by molar-refractivity contribution is -0.140. The van der Waals surface area contributed by atoms with Crippen LogP contribution in [0, 0.1) is 11.8 Å². The molecular formula is C32H62O2. The maximum absolute atomic E-state index is 11.9. The van der Waals surface area contributed by atoms with Crippen molar-refractivity contribution in [1.82, 2.24) is 0 Å². The Morgan fingerprint density at radius 1 is 0.618 bits per heavy atom. The lowest BCUT2D eigenvalue weighted by Gasteiger charge is -2.17. The Kier molecular flexibility index (Phi) is 24.7. The highest BCUT2D eigenvalue weighted by molar-refractivity contribution is 5.86. The zero-order valence-corrected chi connectivity index (χ0v) is 23.9. The molecule has 2 atom stereocenters. The minimum absolute atomic E-state index is 0.221. The maximum Gasteiger partial charge on any atom is 0.333 e. The number of carbonyl (C=O) groups excluding carboxylic acids is 1. The summed E-state index contributed by atoms with van der Waals surface area (Å²) in [4.78, 5) is 11.9. The summed E-state index contributed by atoms with van der Waals surface area (Å²) in [5, 5.41) is 0. The molecule has 0 saturated carbocycles. The average molecular weight is 479 g/mol. The summed E-state index contributed by atoms with van der Waals surface area (Å²) in [6, 6.07) is 0. The lowest BCUT2D eigenvalue weighted by atomic mass is 9.93. The van der Waals surface area contributed by atoms with E-state index in [9.17, 15) is 4.79 Å². The highest BCUT2D eigenvalue weighted by Gasteiger charge is 2.13. The molecule has 0 heterocycles. The van der Waals surface area contributed by atoms with Gasteiger partial charge in [0.05, 0.1) is 6.61 Å². The topological polar surface area (TPSA) is 26.3 Å². The maximum atomic E-state index is 11.9. The molecule has 0 fully saturated rings. The predicted molar refractivity (Wildman–Crippen MR) is 151 cm³/mol. The number of hydrogen-bond acceptors (Lipinski definition) is 2. The minimum atomic E-state index is -0.221. The zero-order chi connectivity index (χ0) is 25.3. The van der Waals surface area contributed by atoms with Gasteiger partial charge in [0, 0.05) is 5.57 Å². The standard InChI is InChI=1S/C32H62O2/c1-6-8-10-12-13-14-15-16-17-22-26-31(28-34-32(33)29(3)4)27-23-19-18-21-25-30(5)24-20-11-9-7-2/h30-31H,3,6-28H2,1-2,4-5H3. The number of esters is 1. The monoisotopic (exact) mass is 478 g/mol. The van der Waals surface area contributed by atoms with Crippen molar-refractivity contribution in [3.05, 3.63) is 12.2 Å². The molecule has 0 aromatic heterocycles. The van der Waals surface area contributed by atoms with Gasteiger partial charge >= 0.3 is 5.97 Å². The van der Waals surface area contributed by atoms with Gasteiger partial charge in [-0.05, 0) is 31.6 Å². The predicted octanol–water partition coefficient (Wildman–Crippen LogP) is 11.0. The molecule has 2 unspecified atom stereocenters. The van der Waals surface area contributed by atoms with Gasteiger partial charge in [-0.2, -0.15) is 0 Å². The van der Waals surface area contributed by atoms with Crippen LogP contribution in [0.15, 0.2) is 12.2 Å². The fourth-order valence-corrected chi connectivity index (χ4v) is 4.89. The van der Waals surface area contributed by atoms with Gasteiger partial charge in [0.25, 0.3) is 0 Å². The van der Waals surface area contributed by atoms with Crippen molar-refractivity contribution in [3.8, 4) is 0 Å². The van der Waals surface area contributed by atoms with E-state index in [0.717, 1.165) is 5.92 Å². The van der Waals surface area contributed by atoms with E-state index in [1.165, 1.54) is 141 Å². The van der Waals surface area contributed by atoms with Crippen LogP contribution in [0.3, 0.4) is 0 Å². The first-order valence-electron chi connectivity index (χ1n) is 15.3. The highest BCUT2D eigenvalue weighted by Crippen LogP contribution is 2.22. The molecular weight excluding hydrogens is 416 g/mol. The summed E-state index contributed by atoms with van der Waals surface area (Å²) in [5.41, 5.74) is 0.515. The van der Waals surface area contributed by atoms with Gasteiger partial charge in [-0.25, -0.2) is 4.79 Å². The van der Waals surface area contributed by atoms with Crippen LogP contribution < -0.4 is 0 Å². The van der Waals surface area contributed by atoms with Gasteiger partial charge in [-0.3, -0.25) is 0 Å². The Balaban J connectivity index is 3.94. The van der Waals surface area contributed by atoms with E-state index < -0.39 is 0 Å². The average Bonchev–Trinajstić information content (AvgIpc) is 2.82. The van der Waals surface area contributed by atoms with Crippen molar-refractivity contribution in [2.75, 3.05) is 6.61 Å². The normalized spacial score (nSPS) is 13.1. The minimum Gasteiger partial charge on any atom is -0.462 e. The molecule has 0 aromatic rings. The van der Waals surface area contributed by atoms with Gasteiger partial charge in [-0.1, -0.05) is 156 Å². The summed E-state index contributed by atoms with van der Waals surface area (Å²) in [7, 11) is 0. The van der Waals surface area contributed by atoms with Crippen molar-refractivity contribution in [2.24, 2.45) is 11.8 Å². The van der Waals surface area contributed by atoms with E-state index in [-0.39, 0.29) is 5.97 Å². The first kappa shape index (κ1) is 33.2. The van der Waals surface area contributed by atoms with Gasteiger partial charge in [0.1, 0.15) is 0 Å². The first-order chi connectivity index (χ1) is 16.5. The van der Waals surface area contributed by atoms with Crippen LogP contribution in [0.5, 0.6) is 0 Å². The van der Waals surface area contributed by atoms with Crippen molar-refractivity contribution in [1.29, 1.82) is 0 Å². The molecule has 34 heavy (non-hydrogen) atoms. The lowest BCUT2D eigenvalue weighted by Crippen LogP contribution is -2.15. The summed E-state index contributed by atoms with van der Waals surface area (Å²) in [6.45, 7) is 13.0. The molecule has 0 radical (unpaired) electrons. The molecule has 0 rings (SSSR count). The van der Waals surface area contributed by atoms with E-state index in [1.54, 1.807) is 6.92 Å². The highest BCUT2D eigenvalue weighted by atomic mass is 16.5. The first-order valence-corrected chi connectivity index (χ1v) is 15.3. The molecule has 2 nitrogen and oxygen atoms in total. The van der Waals surface area contributed by atoms with E-state index in [2.05, 4.69) is 27.4 Å². The van der Waals surface area contributed by atoms with Crippen LogP contribution >= 0.6 is 0 Å². The smallest absolute Gasteiger partial charge is 0.333 e. The molecule has 0 aromatic carbocycles. The third-order valence-corrected chi connectivity index (χ3v) is 7.37. The largest absolute Gasteiger partial charge is 0.462 e. The quantitative estimate of drug-likeness (QED) is 0.0701. The Bertz CT molecular complexity index is 456. The van der Waals surface area contributed by atoms with Crippen molar-refractivity contribution >= 4 is 5.97 Å². The molecule has 2 heteroatoms. The van der Waals surface area contributed by atoms with Crippen molar-refractivity contribution in [3.63, 3.8) is 0 Å². The summed E-state index contributed by atoms with van der Waals surface area (Å²) >= 11 is 0. The number of ether oxygens (including phenoxy) is 1. The van der Waals surface area contributed by atoms with Crippen LogP contribution in [0.1, 0.15) is 169 Å². The molecule has 202 valence electrons. The van der Waals surface area contributed by atoms with Gasteiger partial charge < -0.3 is 4.74 Å². The summed E-state index contributed by atoms with van der Waals surface area (Å²) in [6.07, 6.45) is 29.8. The van der Waals surface area contributed by atoms with Crippen LogP contribution in [0.25, 0.3) is 0 Å². The molecule has 0 amide bonds. The molecule has 0 spiro atoms. The SMILES string of the molecule is C=C(C)C(=O)OCC(CCCCCCCCCCCC)CCCCCCC(C)CCCCCC. The molecule has 0 aliphatic rings. The molecule has 0 saturated heterocycles. The van der Waals surface area contributed by atoms with Crippen LogP contribution in [-0.4, -0.2) is 12.6 Å². The van der Waals surface area contributed by atoms with E-state index >= 15 is 0 Å². The molecule has 0 bridgehead atoms. The van der Waals surface area contributed by atoms with Crippen LogP contribution in [-0.2, 0) is 9.53 Å². The van der Waals surface area contributed by atoms with E-state index in [0.29, 0.717) is 18.1 Å². The van der Waals surface area contributed by atoms with E-state index in [1.807, 2.05) is 0 Å². The Morgan fingerprint density at radius 3 is 1.38 bits per heavy atom. The Hall–Kier alpha value is -0.790. The molecule has 0 aliphatic heterocycles. The fraction of sp³-hybridized carbons (Fsp3) is 0.906. The van der Waals surface area contributed by atoms with Crippen LogP contribution in [0.4, 0.5) is 0 Å². The third kappa shape index (κ3) is 23.0.